The third kappa shape index (κ3) is 6.66. The molecule has 0 amide bonds. The van der Waals surface area contributed by atoms with E-state index in [2.05, 4.69) is 0 Å². The van der Waals surface area contributed by atoms with Crippen LogP contribution in [0.3, 0.4) is 0 Å². The van der Waals surface area contributed by atoms with Gasteiger partial charge in [-0.3, -0.25) is 0 Å². The molecule has 0 aromatic carbocycles. The van der Waals surface area contributed by atoms with Gasteiger partial charge in [0.2, 0.25) is 0 Å². The molecule has 3 saturated heterocycles. The van der Waals surface area contributed by atoms with Gasteiger partial charge in [-0.05, 0) is 51.4 Å². The van der Waals surface area contributed by atoms with E-state index < -0.39 is 117 Å². The van der Waals surface area contributed by atoms with Gasteiger partial charge in [0.05, 0.1) is 55.4 Å². The molecule has 5 fully saturated rings. The van der Waals surface area contributed by atoms with Gasteiger partial charge in [0.1, 0.15) is 42.7 Å². The van der Waals surface area contributed by atoms with Crippen LogP contribution in [0.1, 0.15) is 45.4 Å². The van der Waals surface area contributed by atoms with E-state index in [4.69, 9.17) is 23.7 Å². The first-order valence-electron chi connectivity index (χ1n) is 14.9. The fraction of sp³-hybridized carbons (Fsp3) is 1.00. The molecular weight excluding hydrogens is 564 g/mol. The van der Waals surface area contributed by atoms with Crippen molar-refractivity contribution in [3.8, 4) is 0 Å². The molecule has 0 radical (unpaired) electrons. The summed E-state index contributed by atoms with van der Waals surface area (Å²) in [6, 6.07) is 0. The molecular formula is C27H46O15. The predicted octanol–water partition coefficient (Wildman–Crippen LogP) is -4.17. The number of aliphatic hydroxyl groups is 10. The zero-order chi connectivity index (χ0) is 30.5. The molecule has 0 spiro atoms. The van der Waals surface area contributed by atoms with Crippen molar-refractivity contribution < 1.29 is 74.7 Å². The van der Waals surface area contributed by atoms with Crippen LogP contribution >= 0.6 is 0 Å². The lowest BCUT2D eigenvalue weighted by Crippen LogP contribution is -2.63. The zero-order valence-corrected chi connectivity index (χ0v) is 23.4. The average molecular weight is 611 g/mol. The van der Waals surface area contributed by atoms with Gasteiger partial charge in [-0.25, -0.2) is 0 Å². The molecule has 19 atom stereocenters. The third-order valence-corrected chi connectivity index (χ3v) is 9.69. The molecule has 10 N–H and O–H groups in total. The minimum absolute atomic E-state index is 0.169. The molecule has 15 nitrogen and oxygen atoms in total. The average Bonchev–Trinajstić information content (AvgIpc) is 2.95. The van der Waals surface area contributed by atoms with Crippen LogP contribution in [0.5, 0.6) is 0 Å². The van der Waals surface area contributed by atoms with Crippen LogP contribution in [0.15, 0.2) is 0 Å². The summed E-state index contributed by atoms with van der Waals surface area (Å²) in [5.74, 6) is -0.646. The highest BCUT2D eigenvalue weighted by Crippen LogP contribution is 2.43. The predicted molar refractivity (Wildman–Crippen MR) is 137 cm³/mol. The summed E-state index contributed by atoms with van der Waals surface area (Å²) in [6.07, 6.45) is -18.0. The van der Waals surface area contributed by atoms with Crippen molar-refractivity contribution in [2.75, 3.05) is 6.61 Å². The molecule has 3 heterocycles. The first-order chi connectivity index (χ1) is 19.8. The Morgan fingerprint density at radius 2 is 1.31 bits per heavy atom. The standard InChI is InChI=1S/C27H46O15/c1-9-19(32)21(34)23(36)26(39-9)38-8-18-20(33)22(35)24(37)27(42-18)41-17-7-12-14(30)5-11(28)6-16(12)40-25(17)10-2-3-13(29)15(31)4-10/h9-37H,2-8H2,1H3/t9-,10?,11?,12?,13?,14?,15?,16?,17?,18+,19+,20+,21+,22-,23+,24+,25?,26+,27+/m0/s1. The Balaban J connectivity index is 1.29. The Morgan fingerprint density at radius 1 is 0.619 bits per heavy atom. The molecule has 2 aliphatic carbocycles. The second kappa shape index (κ2) is 13.4. The van der Waals surface area contributed by atoms with E-state index in [1.807, 2.05) is 0 Å². The molecule has 2 saturated carbocycles. The lowest BCUT2D eigenvalue weighted by atomic mass is 9.72. The van der Waals surface area contributed by atoms with Gasteiger partial charge in [-0.15, -0.1) is 0 Å². The van der Waals surface area contributed by atoms with E-state index in [-0.39, 0.29) is 25.2 Å². The lowest BCUT2D eigenvalue weighted by molar-refractivity contribution is -0.345. The number of fused-ring (bicyclic) bond motifs is 1. The molecule has 15 heteroatoms. The number of hydrogen-bond donors (Lipinski definition) is 10. The maximum atomic E-state index is 10.8. The summed E-state index contributed by atoms with van der Waals surface area (Å²) in [4.78, 5) is 0. The van der Waals surface area contributed by atoms with Gasteiger partial charge < -0.3 is 74.7 Å². The number of rotatable bonds is 6. The van der Waals surface area contributed by atoms with E-state index in [1.54, 1.807) is 0 Å². The van der Waals surface area contributed by atoms with Crippen molar-refractivity contribution in [1.82, 2.24) is 0 Å². The molecule has 42 heavy (non-hydrogen) atoms. The molecule has 3 aliphatic heterocycles. The third-order valence-electron chi connectivity index (χ3n) is 9.69. The Bertz CT molecular complexity index is 882. The second-order valence-electron chi connectivity index (χ2n) is 12.6. The van der Waals surface area contributed by atoms with Crippen molar-refractivity contribution in [1.29, 1.82) is 0 Å². The number of ether oxygens (including phenoxy) is 5. The van der Waals surface area contributed by atoms with Crippen molar-refractivity contribution in [3.63, 3.8) is 0 Å². The highest BCUT2D eigenvalue weighted by molar-refractivity contribution is 4.99. The zero-order valence-electron chi connectivity index (χ0n) is 23.4. The Morgan fingerprint density at radius 3 is 2.02 bits per heavy atom. The first kappa shape index (κ1) is 32.8. The van der Waals surface area contributed by atoms with Gasteiger partial charge in [-0.1, -0.05) is 0 Å². The second-order valence-corrected chi connectivity index (χ2v) is 12.6. The summed E-state index contributed by atoms with van der Waals surface area (Å²) in [5, 5.41) is 104. The Labute approximate surface area is 243 Å². The van der Waals surface area contributed by atoms with Crippen LogP contribution < -0.4 is 0 Å². The van der Waals surface area contributed by atoms with E-state index in [1.165, 1.54) is 6.92 Å². The van der Waals surface area contributed by atoms with Gasteiger partial charge in [0, 0.05) is 5.92 Å². The fourth-order valence-corrected chi connectivity index (χ4v) is 7.09. The van der Waals surface area contributed by atoms with E-state index in [0.717, 1.165) is 0 Å². The number of aliphatic hydroxyl groups excluding tert-OH is 10. The van der Waals surface area contributed by atoms with Gasteiger partial charge in [0.15, 0.2) is 12.6 Å². The van der Waals surface area contributed by atoms with E-state index in [9.17, 15) is 51.1 Å². The minimum atomic E-state index is -1.71. The lowest BCUT2D eigenvalue weighted by Gasteiger charge is -2.51. The monoisotopic (exact) mass is 610 g/mol. The van der Waals surface area contributed by atoms with Crippen molar-refractivity contribution in [2.24, 2.45) is 11.8 Å². The normalized spacial score (nSPS) is 55.6. The molecule has 5 aliphatic rings. The highest BCUT2D eigenvalue weighted by Gasteiger charge is 2.52. The summed E-state index contributed by atoms with van der Waals surface area (Å²) in [5.41, 5.74) is 0. The van der Waals surface area contributed by atoms with Crippen LogP contribution in [0.25, 0.3) is 0 Å². The molecule has 5 rings (SSSR count). The molecule has 9 unspecified atom stereocenters. The van der Waals surface area contributed by atoms with Crippen LogP contribution in [0.4, 0.5) is 0 Å². The summed E-state index contributed by atoms with van der Waals surface area (Å²) < 4.78 is 29.4. The fourth-order valence-electron chi connectivity index (χ4n) is 7.09. The Hall–Kier alpha value is -0.600. The number of hydrogen-bond acceptors (Lipinski definition) is 15. The summed E-state index contributed by atoms with van der Waals surface area (Å²) in [7, 11) is 0. The van der Waals surface area contributed by atoms with Crippen LogP contribution in [0.2, 0.25) is 0 Å². The largest absolute Gasteiger partial charge is 0.393 e. The van der Waals surface area contributed by atoms with Crippen molar-refractivity contribution in [3.05, 3.63) is 0 Å². The molecule has 0 bridgehead atoms. The van der Waals surface area contributed by atoms with Crippen LogP contribution in [-0.4, -0.2) is 162 Å². The van der Waals surface area contributed by atoms with Gasteiger partial charge >= 0.3 is 0 Å². The van der Waals surface area contributed by atoms with Crippen LogP contribution in [0, 0.1) is 11.8 Å². The topological polar surface area (TPSA) is 248 Å². The summed E-state index contributed by atoms with van der Waals surface area (Å²) in [6.45, 7) is 1.04. The van der Waals surface area contributed by atoms with Crippen molar-refractivity contribution >= 4 is 0 Å². The molecule has 0 aromatic rings. The van der Waals surface area contributed by atoms with Gasteiger partial charge in [-0.2, -0.15) is 0 Å². The van der Waals surface area contributed by atoms with Crippen molar-refractivity contribution in [2.45, 2.75) is 150 Å². The smallest absolute Gasteiger partial charge is 0.187 e. The quantitative estimate of drug-likeness (QED) is 0.137. The van der Waals surface area contributed by atoms with Gasteiger partial charge in [0.25, 0.3) is 0 Å². The highest BCUT2D eigenvalue weighted by atomic mass is 16.7. The maximum Gasteiger partial charge on any atom is 0.187 e. The van der Waals surface area contributed by atoms with E-state index in [0.29, 0.717) is 19.3 Å². The molecule has 244 valence electrons. The molecule has 0 aromatic heterocycles. The van der Waals surface area contributed by atoms with E-state index >= 15 is 0 Å². The first-order valence-corrected chi connectivity index (χ1v) is 14.9. The summed E-state index contributed by atoms with van der Waals surface area (Å²) >= 11 is 0. The SMILES string of the molecule is C[C@@H]1O[C@@H](OC[C@H]2O[C@@H](OC3CC4C(O)CC(O)CC4OC3C3CCC(O)C(O)C3)[C@H](O)[C@@H](O)[C@@H]2O)[C@H](O)[C@H](O)[C@@H]1O. The maximum absolute atomic E-state index is 10.8. The van der Waals surface area contributed by atoms with Crippen LogP contribution in [-0.2, 0) is 23.7 Å². The minimum Gasteiger partial charge on any atom is -0.393 e. The Kier molecular flexibility index (Phi) is 10.5.